The van der Waals surface area contributed by atoms with Crippen LogP contribution in [0.4, 0.5) is 34.1 Å². The number of rotatable bonds is 7. The fourth-order valence-corrected chi connectivity index (χ4v) is 15.0. The van der Waals surface area contributed by atoms with E-state index in [0.29, 0.717) is 0 Å². The molecule has 11 aromatic carbocycles. The molecule has 0 aliphatic rings. The lowest BCUT2D eigenvalue weighted by atomic mass is 10.0. The van der Waals surface area contributed by atoms with E-state index in [-0.39, 0.29) is 0 Å². The highest BCUT2D eigenvalue weighted by Crippen LogP contribution is 2.52. The third-order valence-electron chi connectivity index (χ3n) is 16.8. The summed E-state index contributed by atoms with van der Waals surface area (Å²) < 4.78 is 19.1. The van der Waals surface area contributed by atoms with Gasteiger partial charge in [-0.05, 0) is 90.5 Å². The van der Waals surface area contributed by atoms with Gasteiger partial charge in [-0.3, -0.25) is 0 Å². The van der Waals surface area contributed by atoms with E-state index in [4.69, 9.17) is 8.83 Å². The smallest absolute Gasteiger partial charge is 0.159 e. The molecule has 0 bridgehead atoms. The molecule has 0 aliphatic heterocycles. The maximum Gasteiger partial charge on any atom is 0.159 e. The van der Waals surface area contributed by atoms with Gasteiger partial charge in [0.1, 0.15) is 11.2 Å². The molecule has 0 saturated carbocycles. The Hall–Kier alpha value is -9.56. The van der Waals surface area contributed by atoms with Gasteiger partial charge in [0.2, 0.25) is 0 Å². The molecule has 0 saturated heterocycles. The molecule has 364 valence electrons. The van der Waals surface area contributed by atoms with Crippen molar-refractivity contribution in [2.75, 3.05) is 9.80 Å². The maximum absolute atomic E-state index is 7.13. The van der Waals surface area contributed by atoms with Crippen LogP contribution in [-0.4, -0.2) is 16.9 Å². The summed E-state index contributed by atoms with van der Waals surface area (Å²) in [5.74, 6) is 0. The molecule has 0 radical (unpaired) electrons. The van der Waals surface area contributed by atoms with Crippen LogP contribution in [0.25, 0.3) is 120 Å². The van der Waals surface area contributed by atoms with E-state index >= 15 is 0 Å². The van der Waals surface area contributed by atoms with Gasteiger partial charge in [-0.25, -0.2) is 0 Å². The minimum absolute atomic E-state index is 0.875. The SMILES string of the molecule is Cc1cccc2c1oc1c(N(c3ccccc3)c3cccc4c3c3cccc5c6cc7c(cc6n4c53)c3cccc4c5c(N(c6ccccc6)c6cccc8c6oc6c([Si](C)(C)C)cccc68)cccc5n7c34)cccc12. The third-order valence-corrected chi connectivity index (χ3v) is 18.8. The molecule has 0 N–H and O–H groups in total. The molecule has 0 spiro atoms. The summed E-state index contributed by atoms with van der Waals surface area (Å²) >= 11 is 0. The Morgan fingerprint density at radius 2 is 0.714 bits per heavy atom. The van der Waals surface area contributed by atoms with E-state index < -0.39 is 8.07 Å². The van der Waals surface area contributed by atoms with Gasteiger partial charge in [0, 0.05) is 76.0 Å². The van der Waals surface area contributed by atoms with E-state index in [1.165, 1.54) is 86.8 Å². The van der Waals surface area contributed by atoms with Crippen molar-refractivity contribution in [3.8, 4) is 0 Å². The van der Waals surface area contributed by atoms with Gasteiger partial charge in [-0.15, -0.1) is 0 Å². The largest absolute Gasteiger partial charge is 0.454 e. The number of hydrogen-bond donors (Lipinski definition) is 0. The summed E-state index contributed by atoms with van der Waals surface area (Å²) in [5.41, 5.74) is 18.4. The first-order valence-electron chi connectivity index (χ1n) is 26.7. The lowest BCUT2D eigenvalue weighted by Crippen LogP contribution is -2.37. The summed E-state index contributed by atoms with van der Waals surface area (Å²) in [6, 6.07) is 80.1. The monoisotopic (exact) mass is 1000 g/mol. The number of hydrogen-bond acceptors (Lipinski definition) is 4. The third kappa shape index (κ3) is 5.68. The van der Waals surface area contributed by atoms with Crippen LogP contribution in [0.1, 0.15) is 5.56 Å². The standard InChI is InChI=1S/C70H48N4O2Si/c1-41-19-11-26-46-47-27-14-36-58(68(47)75-67(41)46)71(42-20-7-5-8-21-42)54-32-17-34-56-63(54)50-30-12-24-44-52-40-61-53(39-60(52)73(56)65(44)50)45-25-13-31-51-64-55(33-18-35-57(64)74(61)66(45)51)72(43-22-9-6-10-23-43)59-37-15-28-48-49-29-16-38-62(77(2,3)4)70(49)76-69(48)59/h5-40H,1-4H3. The molecular formula is C70H48N4O2Si. The average Bonchev–Trinajstić information content (AvgIpc) is 4.50. The van der Waals surface area contributed by atoms with Crippen LogP contribution < -0.4 is 15.0 Å². The predicted octanol–water partition coefficient (Wildman–Crippen LogP) is 19.6. The molecule has 77 heavy (non-hydrogen) atoms. The highest BCUT2D eigenvalue weighted by molar-refractivity contribution is 6.90. The second-order valence-corrected chi connectivity index (χ2v) is 27.1. The Kier molecular flexibility index (Phi) is 8.49. The second-order valence-electron chi connectivity index (χ2n) is 22.0. The second kappa shape index (κ2) is 15.3. The van der Waals surface area contributed by atoms with Gasteiger partial charge in [0.05, 0.1) is 63.9 Å². The van der Waals surface area contributed by atoms with Gasteiger partial charge in [0.15, 0.2) is 11.2 Å². The van der Waals surface area contributed by atoms with Crippen molar-refractivity contribution in [1.29, 1.82) is 0 Å². The molecule has 0 unspecified atom stereocenters. The molecule has 0 amide bonds. The van der Waals surface area contributed by atoms with Crippen molar-refractivity contribution in [3.05, 3.63) is 224 Å². The summed E-state index contributed by atoms with van der Waals surface area (Å²) in [5, 5.41) is 15.7. The van der Waals surface area contributed by atoms with Crippen LogP contribution in [0.2, 0.25) is 19.6 Å². The van der Waals surface area contributed by atoms with Crippen molar-refractivity contribution in [2.45, 2.75) is 26.6 Å². The van der Waals surface area contributed by atoms with E-state index in [2.05, 4.69) is 264 Å². The van der Waals surface area contributed by atoms with Crippen LogP contribution in [0.15, 0.2) is 227 Å². The first-order valence-corrected chi connectivity index (χ1v) is 30.2. The lowest BCUT2D eigenvalue weighted by molar-refractivity contribution is 0.666. The molecule has 6 heterocycles. The Morgan fingerprint density at radius 1 is 0.325 bits per heavy atom. The zero-order valence-electron chi connectivity index (χ0n) is 42.9. The average molecular weight is 1010 g/mol. The summed E-state index contributed by atoms with van der Waals surface area (Å²) in [6.45, 7) is 9.32. The van der Waals surface area contributed by atoms with Crippen molar-refractivity contribution < 1.29 is 8.83 Å². The van der Waals surface area contributed by atoms with Crippen LogP contribution in [0.5, 0.6) is 0 Å². The van der Waals surface area contributed by atoms with Crippen molar-refractivity contribution in [2.24, 2.45) is 0 Å². The molecule has 7 heteroatoms. The lowest BCUT2D eigenvalue weighted by Gasteiger charge is -2.26. The molecular weight excluding hydrogens is 957 g/mol. The normalized spacial score (nSPS) is 12.7. The van der Waals surface area contributed by atoms with Gasteiger partial charge in [0.25, 0.3) is 0 Å². The van der Waals surface area contributed by atoms with Gasteiger partial charge < -0.3 is 27.4 Å². The van der Waals surface area contributed by atoms with Crippen molar-refractivity contribution >= 4 is 167 Å². The molecule has 6 aromatic heterocycles. The van der Waals surface area contributed by atoms with Crippen LogP contribution in [0, 0.1) is 6.92 Å². The van der Waals surface area contributed by atoms with Gasteiger partial charge in [-0.1, -0.05) is 165 Å². The van der Waals surface area contributed by atoms with Crippen molar-refractivity contribution in [1.82, 2.24) is 8.80 Å². The minimum Gasteiger partial charge on any atom is -0.454 e. The molecule has 0 atom stereocenters. The number of aryl methyl sites for hydroxylation is 1. The molecule has 17 aromatic rings. The summed E-state index contributed by atoms with van der Waals surface area (Å²) in [6.07, 6.45) is 0. The topological polar surface area (TPSA) is 41.6 Å². The number of para-hydroxylation sites is 8. The summed E-state index contributed by atoms with van der Waals surface area (Å²) in [7, 11) is -1.73. The Labute approximate surface area is 443 Å². The zero-order valence-corrected chi connectivity index (χ0v) is 43.9. The highest BCUT2D eigenvalue weighted by Gasteiger charge is 2.30. The van der Waals surface area contributed by atoms with E-state index in [1.54, 1.807) is 0 Å². The van der Waals surface area contributed by atoms with Crippen LogP contribution in [0.3, 0.4) is 0 Å². The van der Waals surface area contributed by atoms with E-state index in [1.807, 2.05) is 0 Å². The zero-order chi connectivity index (χ0) is 51.0. The highest BCUT2D eigenvalue weighted by atomic mass is 28.3. The molecule has 6 nitrogen and oxygen atoms in total. The van der Waals surface area contributed by atoms with Crippen LogP contribution in [-0.2, 0) is 0 Å². The van der Waals surface area contributed by atoms with Gasteiger partial charge in [-0.2, -0.15) is 0 Å². The number of fused-ring (bicyclic) bond motifs is 18. The molecule has 0 fully saturated rings. The number of aromatic nitrogens is 2. The Bertz CT molecular complexity index is 5290. The maximum atomic E-state index is 7.13. The Morgan fingerprint density at radius 3 is 1.22 bits per heavy atom. The Balaban J connectivity index is 0.908. The van der Waals surface area contributed by atoms with E-state index in [9.17, 15) is 0 Å². The van der Waals surface area contributed by atoms with Crippen LogP contribution >= 0.6 is 0 Å². The quantitative estimate of drug-likeness (QED) is 0.149. The number of furan rings is 2. The molecule has 17 rings (SSSR count). The molecule has 0 aliphatic carbocycles. The number of anilines is 6. The predicted molar refractivity (Wildman–Crippen MR) is 327 cm³/mol. The fraction of sp³-hybridized carbons (Fsp3) is 0.0571. The summed E-state index contributed by atoms with van der Waals surface area (Å²) in [4.78, 5) is 4.82. The first-order chi connectivity index (χ1) is 37.8. The number of nitrogens with zero attached hydrogens (tertiary/aromatic N) is 4. The number of benzene rings is 11. The van der Waals surface area contributed by atoms with Gasteiger partial charge >= 0.3 is 0 Å². The van der Waals surface area contributed by atoms with Crippen molar-refractivity contribution in [3.63, 3.8) is 0 Å². The minimum atomic E-state index is -1.73. The first kappa shape index (κ1) is 42.8. The fourth-order valence-electron chi connectivity index (χ4n) is 13.5. The van der Waals surface area contributed by atoms with E-state index in [0.717, 1.165) is 78.2 Å².